The smallest absolute Gasteiger partial charge is 0.428 e. The topological polar surface area (TPSA) is 59.9 Å². The molecule has 1 N–H and O–H groups in total. The van der Waals surface area contributed by atoms with Gasteiger partial charge in [0.05, 0.1) is 11.2 Å². The van der Waals surface area contributed by atoms with Gasteiger partial charge in [-0.2, -0.15) is 5.10 Å². The third kappa shape index (κ3) is 5.79. The van der Waals surface area contributed by atoms with Gasteiger partial charge in [0, 0.05) is 18.1 Å². The van der Waals surface area contributed by atoms with E-state index in [0.717, 1.165) is 5.71 Å². The molecule has 1 aliphatic heterocycles. The number of carbonyl (C=O) groups excluding carboxylic acids is 1. The van der Waals surface area contributed by atoms with Gasteiger partial charge in [0.2, 0.25) is 0 Å². The lowest BCUT2D eigenvalue weighted by molar-refractivity contribution is -0.165. The zero-order valence-electron chi connectivity index (χ0n) is 16.5. The normalized spacial score (nSPS) is 26.0. The van der Waals surface area contributed by atoms with E-state index in [9.17, 15) is 4.79 Å². The van der Waals surface area contributed by atoms with Crippen molar-refractivity contribution < 1.29 is 14.3 Å². The van der Waals surface area contributed by atoms with Crippen LogP contribution in [0.3, 0.4) is 0 Å². The molecular formula is C18H34N2O3. The van der Waals surface area contributed by atoms with Crippen LogP contribution in [0.5, 0.6) is 0 Å². The first kappa shape index (κ1) is 19.9. The molecule has 0 radical (unpaired) electrons. The average molecular weight is 326 g/mol. The quantitative estimate of drug-likeness (QED) is 0.721. The van der Waals surface area contributed by atoms with Gasteiger partial charge < -0.3 is 9.47 Å². The monoisotopic (exact) mass is 326 g/mol. The van der Waals surface area contributed by atoms with E-state index in [1.54, 1.807) is 0 Å². The Balaban J connectivity index is 3.07. The minimum absolute atomic E-state index is 0.0333. The van der Waals surface area contributed by atoms with Gasteiger partial charge in [-0.25, -0.2) is 10.2 Å². The largest absolute Gasteiger partial charge is 0.443 e. The van der Waals surface area contributed by atoms with Crippen molar-refractivity contribution in [1.82, 2.24) is 5.43 Å². The minimum Gasteiger partial charge on any atom is -0.443 e. The molecule has 1 saturated heterocycles. The maximum absolute atomic E-state index is 11.9. The summed E-state index contributed by atoms with van der Waals surface area (Å²) >= 11 is 0. The van der Waals surface area contributed by atoms with Gasteiger partial charge in [-0.05, 0) is 53.9 Å². The molecule has 1 heterocycles. The maximum atomic E-state index is 11.9. The fraction of sp³-hybridized carbons (Fsp3) is 0.889. The first-order valence-corrected chi connectivity index (χ1v) is 8.29. The van der Waals surface area contributed by atoms with Crippen molar-refractivity contribution in [3.8, 4) is 0 Å². The highest BCUT2D eigenvalue weighted by atomic mass is 16.6. The number of rotatable bonds is 1. The van der Waals surface area contributed by atoms with Gasteiger partial charge in [0.25, 0.3) is 0 Å². The molecule has 1 amide bonds. The van der Waals surface area contributed by atoms with Gasteiger partial charge >= 0.3 is 6.09 Å². The number of ether oxygens (including phenoxy) is 2. The first-order valence-electron chi connectivity index (χ1n) is 8.29. The molecule has 1 rings (SSSR count). The summed E-state index contributed by atoms with van der Waals surface area (Å²) in [4.78, 5) is 11.9. The fourth-order valence-electron chi connectivity index (χ4n) is 3.81. The Hall–Kier alpha value is -1.10. The second kappa shape index (κ2) is 6.08. The summed E-state index contributed by atoms with van der Waals surface area (Å²) in [5.41, 5.74) is 2.25. The highest BCUT2D eigenvalue weighted by Crippen LogP contribution is 2.45. The number of hydrazone groups is 1. The third-order valence-corrected chi connectivity index (χ3v) is 3.73. The Morgan fingerprint density at radius 3 is 2.13 bits per heavy atom. The van der Waals surface area contributed by atoms with Crippen molar-refractivity contribution in [3.05, 3.63) is 0 Å². The Bertz CT molecular complexity index is 479. The third-order valence-electron chi connectivity index (χ3n) is 3.73. The number of carbonyl (C=O) groups is 1. The molecule has 5 nitrogen and oxygen atoms in total. The summed E-state index contributed by atoms with van der Waals surface area (Å²) in [6, 6.07) is 0. The van der Waals surface area contributed by atoms with E-state index in [0.29, 0.717) is 6.42 Å². The van der Waals surface area contributed by atoms with Crippen molar-refractivity contribution in [2.24, 2.45) is 16.4 Å². The molecule has 0 aromatic rings. The summed E-state index contributed by atoms with van der Waals surface area (Å²) in [5, 5.41) is 4.42. The minimum atomic E-state index is -0.540. The highest BCUT2D eigenvalue weighted by Gasteiger charge is 2.50. The number of hydrogen-bond acceptors (Lipinski definition) is 4. The van der Waals surface area contributed by atoms with E-state index >= 15 is 0 Å². The number of hydrogen-bond donors (Lipinski definition) is 1. The van der Waals surface area contributed by atoms with Crippen LogP contribution in [0.1, 0.15) is 75.7 Å². The zero-order valence-corrected chi connectivity index (χ0v) is 16.5. The lowest BCUT2D eigenvalue weighted by atomic mass is 9.65. The van der Waals surface area contributed by atoms with E-state index in [1.807, 2.05) is 20.8 Å². The number of amides is 1. The van der Waals surface area contributed by atoms with Gasteiger partial charge in [-0.1, -0.05) is 20.8 Å². The summed E-state index contributed by atoms with van der Waals surface area (Å²) < 4.78 is 11.6. The van der Waals surface area contributed by atoms with Crippen molar-refractivity contribution in [2.45, 2.75) is 92.5 Å². The zero-order chi connectivity index (χ0) is 18.3. The summed E-state index contributed by atoms with van der Waals surface area (Å²) in [7, 11) is 0. The molecule has 1 unspecified atom stereocenters. The van der Waals surface area contributed by atoms with E-state index in [4.69, 9.17) is 9.47 Å². The van der Waals surface area contributed by atoms with E-state index in [2.05, 4.69) is 59.0 Å². The molecule has 5 heteroatoms. The van der Waals surface area contributed by atoms with Gasteiger partial charge in [-0.15, -0.1) is 0 Å². The molecule has 0 bridgehead atoms. The van der Waals surface area contributed by atoms with Crippen molar-refractivity contribution in [2.75, 3.05) is 0 Å². The molecule has 0 aliphatic carbocycles. The highest BCUT2D eigenvalue weighted by molar-refractivity contribution is 5.90. The van der Waals surface area contributed by atoms with Gasteiger partial charge in [0.15, 0.2) is 0 Å². The van der Waals surface area contributed by atoms with Crippen molar-refractivity contribution in [3.63, 3.8) is 0 Å². The molecule has 0 saturated carbocycles. The predicted molar refractivity (Wildman–Crippen MR) is 93.6 cm³/mol. The van der Waals surface area contributed by atoms with Crippen molar-refractivity contribution in [1.29, 1.82) is 0 Å². The van der Waals surface area contributed by atoms with Crippen LogP contribution in [0, 0.1) is 11.3 Å². The molecule has 1 fully saturated rings. The van der Waals surface area contributed by atoms with Crippen LogP contribution in [0.15, 0.2) is 5.10 Å². The summed E-state index contributed by atoms with van der Waals surface area (Å²) in [6.45, 7) is 20.3. The second-order valence-electron chi connectivity index (χ2n) is 9.66. The second-order valence-corrected chi connectivity index (χ2v) is 9.66. The van der Waals surface area contributed by atoms with Crippen LogP contribution in [0.4, 0.5) is 4.79 Å². The standard InChI is InChI=1S/C18H34N2O3/c1-15(2,3)13-12(11-17(7,8)23-18(13,9)10)19-20-14(21)22-16(4,5)6/h13H,11H2,1-10H3,(H,20,21)/b19-12+. The van der Waals surface area contributed by atoms with Gasteiger partial charge in [0.1, 0.15) is 5.60 Å². The summed E-state index contributed by atoms with van der Waals surface area (Å²) in [6.07, 6.45) is 0.147. The molecule has 1 atom stereocenters. The fourth-order valence-corrected chi connectivity index (χ4v) is 3.81. The predicted octanol–water partition coefficient (Wildman–Crippen LogP) is 4.51. The lowest BCUT2D eigenvalue weighted by Crippen LogP contribution is -2.57. The van der Waals surface area contributed by atoms with Crippen molar-refractivity contribution >= 4 is 11.8 Å². The summed E-state index contributed by atoms with van der Waals surface area (Å²) in [5.74, 6) is 0.0953. The van der Waals surface area contributed by atoms with Gasteiger partial charge in [-0.3, -0.25) is 0 Å². The Kier molecular flexibility index (Phi) is 5.27. The van der Waals surface area contributed by atoms with Crippen LogP contribution in [-0.2, 0) is 9.47 Å². The van der Waals surface area contributed by atoms with Crippen LogP contribution in [0.2, 0.25) is 0 Å². The Morgan fingerprint density at radius 2 is 1.70 bits per heavy atom. The van der Waals surface area contributed by atoms with Crippen LogP contribution in [-0.4, -0.2) is 28.6 Å². The average Bonchev–Trinajstić information content (AvgIpc) is 2.17. The molecule has 0 spiro atoms. The van der Waals surface area contributed by atoms with Crippen LogP contribution >= 0.6 is 0 Å². The molecule has 1 aliphatic rings. The lowest BCUT2D eigenvalue weighted by Gasteiger charge is -2.51. The van der Waals surface area contributed by atoms with E-state index in [-0.39, 0.29) is 22.5 Å². The SMILES string of the molecule is CC(C)(C)OC(=O)N/N=C1\CC(C)(C)OC(C)(C)C1C(C)(C)C. The van der Waals surface area contributed by atoms with E-state index in [1.165, 1.54) is 0 Å². The number of nitrogens with one attached hydrogen (secondary N) is 1. The Morgan fingerprint density at radius 1 is 1.17 bits per heavy atom. The Labute approximate surface area is 141 Å². The molecule has 0 aromatic heterocycles. The molecule has 134 valence electrons. The van der Waals surface area contributed by atoms with Crippen LogP contribution < -0.4 is 5.43 Å². The maximum Gasteiger partial charge on any atom is 0.428 e. The first-order chi connectivity index (χ1) is 10.0. The van der Waals surface area contributed by atoms with Crippen LogP contribution in [0.25, 0.3) is 0 Å². The molecule has 0 aromatic carbocycles. The number of nitrogens with zero attached hydrogens (tertiary/aromatic N) is 1. The molecule has 23 heavy (non-hydrogen) atoms. The van der Waals surface area contributed by atoms with E-state index < -0.39 is 11.7 Å². The molecular weight excluding hydrogens is 292 g/mol.